The summed E-state index contributed by atoms with van der Waals surface area (Å²) >= 11 is 0. The van der Waals surface area contributed by atoms with Crippen molar-refractivity contribution in [2.45, 2.75) is 58.4 Å². The lowest BCUT2D eigenvalue weighted by atomic mass is 10.0. The minimum atomic E-state index is 0.307. The molecular weight excluding hydrogens is 160 g/mol. The molecule has 1 atom stereocenters. The van der Waals surface area contributed by atoms with Gasteiger partial charge < -0.3 is 0 Å². The van der Waals surface area contributed by atoms with E-state index in [2.05, 4.69) is 18.9 Å². The maximum Gasteiger partial charge on any atom is 0.0414 e. The highest BCUT2D eigenvalue weighted by molar-refractivity contribution is 5.00. The van der Waals surface area contributed by atoms with E-state index in [4.69, 9.17) is 5.84 Å². The average molecular weight is 184 g/mol. The van der Waals surface area contributed by atoms with Crippen molar-refractivity contribution in [1.82, 2.24) is 5.43 Å². The van der Waals surface area contributed by atoms with E-state index in [9.17, 15) is 0 Å². The number of hydrogen-bond acceptors (Lipinski definition) is 2. The lowest BCUT2D eigenvalue weighted by Gasteiger charge is -2.15. The molecule has 0 aromatic heterocycles. The molecule has 0 aliphatic carbocycles. The van der Waals surface area contributed by atoms with Crippen molar-refractivity contribution < 1.29 is 0 Å². The van der Waals surface area contributed by atoms with Crippen LogP contribution < -0.4 is 11.3 Å². The van der Waals surface area contributed by atoms with Gasteiger partial charge in [0.25, 0.3) is 0 Å². The number of unbranched alkanes of at least 4 members (excludes halogenated alkanes) is 4. The highest BCUT2D eigenvalue weighted by Gasteiger charge is 2.05. The van der Waals surface area contributed by atoms with Gasteiger partial charge in [0.05, 0.1) is 0 Å². The molecule has 1 unspecified atom stereocenters. The Labute approximate surface area is 82.6 Å². The molecule has 0 bridgehead atoms. The second kappa shape index (κ2) is 8.27. The van der Waals surface area contributed by atoms with Crippen LogP contribution in [0.5, 0.6) is 0 Å². The van der Waals surface area contributed by atoms with E-state index in [0.29, 0.717) is 6.04 Å². The third kappa shape index (κ3) is 6.79. The Bertz CT molecular complexity index is 132. The Balaban J connectivity index is 3.33. The zero-order chi connectivity index (χ0) is 10.1. The Morgan fingerprint density at radius 2 is 1.92 bits per heavy atom. The first-order valence-electron chi connectivity index (χ1n) is 5.33. The van der Waals surface area contributed by atoms with E-state index < -0.39 is 0 Å². The predicted octanol–water partition coefficient (Wildman–Crippen LogP) is 2.75. The van der Waals surface area contributed by atoms with Crippen LogP contribution in [0.2, 0.25) is 0 Å². The molecule has 0 heterocycles. The van der Waals surface area contributed by atoms with E-state index in [1.54, 1.807) is 0 Å². The second-order valence-corrected chi connectivity index (χ2v) is 3.77. The SMILES string of the molecule is C=C(C)C(CCCCCCC)NN. The van der Waals surface area contributed by atoms with Gasteiger partial charge in [-0.25, -0.2) is 0 Å². The zero-order valence-electron chi connectivity index (χ0n) is 9.10. The van der Waals surface area contributed by atoms with Crippen LogP contribution in [0, 0.1) is 0 Å². The van der Waals surface area contributed by atoms with Gasteiger partial charge in [0.15, 0.2) is 0 Å². The average Bonchev–Trinajstić information content (AvgIpc) is 2.10. The van der Waals surface area contributed by atoms with Crippen LogP contribution in [0.1, 0.15) is 52.4 Å². The van der Waals surface area contributed by atoms with Crippen LogP contribution in [-0.2, 0) is 0 Å². The van der Waals surface area contributed by atoms with Crippen molar-refractivity contribution in [3.8, 4) is 0 Å². The molecule has 0 amide bonds. The summed E-state index contributed by atoms with van der Waals surface area (Å²) in [6, 6.07) is 0.307. The minimum Gasteiger partial charge on any atom is -0.271 e. The summed E-state index contributed by atoms with van der Waals surface area (Å²) in [6.07, 6.45) is 7.70. The summed E-state index contributed by atoms with van der Waals surface area (Å²) in [5.74, 6) is 5.40. The molecular formula is C11H24N2. The third-order valence-corrected chi connectivity index (χ3v) is 2.39. The molecule has 2 nitrogen and oxygen atoms in total. The van der Waals surface area contributed by atoms with E-state index in [1.165, 1.54) is 32.1 Å². The molecule has 3 N–H and O–H groups in total. The normalized spacial score (nSPS) is 12.8. The minimum absolute atomic E-state index is 0.307. The van der Waals surface area contributed by atoms with Crippen molar-refractivity contribution in [3.05, 3.63) is 12.2 Å². The van der Waals surface area contributed by atoms with Crippen molar-refractivity contribution in [3.63, 3.8) is 0 Å². The Morgan fingerprint density at radius 1 is 1.31 bits per heavy atom. The fourth-order valence-electron chi connectivity index (χ4n) is 1.42. The van der Waals surface area contributed by atoms with E-state index in [1.807, 2.05) is 6.92 Å². The van der Waals surface area contributed by atoms with Gasteiger partial charge in [0, 0.05) is 6.04 Å². The molecule has 0 saturated heterocycles. The van der Waals surface area contributed by atoms with E-state index in [0.717, 1.165) is 12.0 Å². The highest BCUT2D eigenvalue weighted by atomic mass is 15.2. The van der Waals surface area contributed by atoms with Crippen molar-refractivity contribution in [1.29, 1.82) is 0 Å². The fraction of sp³-hybridized carbons (Fsp3) is 0.818. The molecule has 13 heavy (non-hydrogen) atoms. The van der Waals surface area contributed by atoms with Crippen LogP contribution in [-0.4, -0.2) is 6.04 Å². The van der Waals surface area contributed by atoms with Crippen molar-refractivity contribution in [2.75, 3.05) is 0 Å². The van der Waals surface area contributed by atoms with Crippen LogP contribution >= 0.6 is 0 Å². The summed E-state index contributed by atoms with van der Waals surface area (Å²) in [7, 11) is 0. The van der Waals surface area contributed by atoms with Crippen molar-refractivity contribution in [2.24, 2.45) is 5.84 Å². The Hall–Kier alpha value is -0.340. The Kier molecular flexibility index (Phi) is 8.05. The number of nitrogens with two attached hydrogens (primary N) is 1. The monoisotopic (exact) mass is 184 g/mol. The molecule has 78 valence electrons. The molecule has 0 spiro atoms. The number of hydrazine groups is 1. The quantitative estimate of drug-likeness (QED) is 0.263. The van der Waals surface area contributed by atoms with E-state index >= 15 is 0 Å². The van der Waals surface area contributed by atoms with Gasteiger partial charge in [-0.2, -0.15) is 0 Å². The first-order chi connectivity index (χ1) is 6.22. The van der Waals surface area contributed by atoms with Gasteiger partial charge in [-0.05, 0) is 13.3 Å². The molecule has 0 aliphatic rings. The smallest absolute Gasteiger partial charge is 0.0414 e. The first-order valence-corrected chi connectivity index (χ1v) is 5.33. The summed E-state index contributed by atoms with van der Waals surface area (Å²) in [4.78, 5) is 0. The summed E-state index contributed by atoms with van der Waals surface area (Å²) in [6.45, 7) is 8.16. The molecule has 0 radical (unpaired) electrons. The maximum absolute atomic E-state index is 5.40. The maximum atomic E-state index is 5.40. The molecule has 0 aromatic rings. The molecule has 0 saturated carbocycles. The highest BCUT2D eigenvalue weighted by Crippen LogP contribution is 2.10. The van der Waals surface area contributed by atoms with E-state index in [-0.39, 0.29) is 0 Å². The molecule has 2 heteroatoms. The van der Waals surface area contributed by atoms with Crippen LogP contribution in [0.15, 0.2) is 12.2 Å². The van der Waals surface area contributed by atoms with Gasteiger partial charge >= 0.3 is 0 Å². The van der Waals surface area contributed by atoms with Gasteiger partial charge in [-0.3, -0.25) is 11.3 Å². The van der Waals surface area contributed by atoms with Crippen molar-refractivity contribution >= 4 is 0 Å². The number of hydrogen-bond donors (Lipinski definition) is 2. The first kappa shape index (κ1) is 12.7. The number of rotatable bonds is 8. The zero-order valence-corrected chi connectivity index (χ0v) is 9.10. The number of nitrogens with one attached hydrogen (secondary N) is 1. The molecule has 0 rings (SSSR count). The largest absolute Gasteiger partial charge is 0.271 e. The van der Waals surface area contributed by atoms with Crippen LogP contribution in [0.4, 0.5) is 0 Å². The molecule has 0 aliphatic heterocycles. The molecule has 0 fully saturated rings. The second-order valence-electron chi connectivity index (χ2n) is 3.77. The topological polar surface area (TPSA) is 38.0 Å². The summed E-state index contributed by atoms with van der Waals surface area (Å²) in [5, 5.41) is 0. The third-order valence-electron chi connectivity index (χ3n) is 2.39. The van der Waals surface area contributed by atoms with Gasteiger partial charge in [0.2, 0.25) is 0 Å². The Morgan fingerprint density at radius 3 is 2.38 bits per heavy atom. The molecule has 0 aromatic carbocycles. The van der Waals surface area contributed by atoms with Gasteiger partial charge in [-0.1, -0.05) is 51.2 Å². The predicted molar refractivity (Wildman–Crippen MR) is 59.3 cm³/mol. The van der Waals surface area contributed by atoms with Gasteiger partial charge in [0.1, 0.15) is 0 Å². The lowest BCUT2D eigenvalue weighted by Crippen LogP contribution is -2.35. The lowest BCUT2D eigenvalue weighted by molar-refractivity contribution is 0.508. The standard InChI is InChI=1S/C11H24N2/c1-4-5-6-7-8-9-11(13-12)10(2)3/h11,13H,2,4-9,12H2,1,3H3. The van der Waals surface area contributed by atoms with Crippen LogP contribution in [0.3, 0.4) is 0 Å². The fourth-order valence-corrected chi connectivity index (χ4v) is 1.42. The van der Waals surface area contributed by atoms with Crippen LogP contribution in [0.25, 0.3) is 0 Å². The van der Waals surface area contributed by atoms with Gasteiger partial charge in [-0.15, -0.1) is 0 Å². The summed E-state index contributed by atoms with van der Waals surface area (Å²) in [5.41, 5.74) is 3.93. The summed E-state index contributed by atoms with van der Waals surface area (Å²) < 4.78 is 0.